The third-order valence-electron chi connectivity index (χ3n) is 7.33. The van der Waals surface area contributed by atoms with Gasteiger partial charge in [-0.2, -0.15) is 5.26 Å². The van der Waals surface area contributed by atoms with E-state index in [1.807, 2.05) is 24.4 Å². The number of piperidine rings is 1. The number of fused-ring (bicyclic) bond motifs is 2. The van der Waals surface area contributed by atoms with Crippen LogP contribution in [0.15, 0.2) is 55.1 Å². The molecule has 0 saturated carbocycles. The summed E-state index contributed by atoms with van der Waals surface area (Å²) in [6, 6.07) is 12.6. The number of nitrogens with zero attached hydrogens (tertiary/aromatic N) is 6. The van der Waals surface area contributed by atoms with Gasteiger partial charge in [0.1, 0.15) is 24.2 Å². The number of rotatable bonds is 9. The van der Waals surface area contributed by atoms with Crippen LogP contribution >= 0.6 is 0 Å². The minimum atomic E-state index is -1.42. The van der Waals surface area contributed by atoms with Crippen LogP contribution in [0.4, 0.5) is 5.82 Å². The van der Waals surface area contributed by atoms with Gasteiger partial charge in [0.15, 0.2) is 5.60 Å². The van der Waals surface area contributed by atoms with E-state index in [9.17, 15) is 10.4 Å². The summed E-state index contributed by atoms with van der Waals surface area (Å²) < 4.78 is 10.9. The highest BCUT2D eigenvalue weighted by Crippen LogP contribution is 2.36. The number of pyridine rings is 3. The minimum Gasteiger partial charge on any atom is -0.488 e. The molecule has 3 saturated heterocycles. The molecule has 3 aromatic heterocycles. The van der Waals surface area contributed by atoms with Crippen molar-refractivity contribution in [2.45, 2.75) is 37.6 Å². The monoisotopic (exact) mass is 537 g/mol. The van der Waals surface area contributed by atoms with Gasteiger partial charge in [0.2, 0.25) is 5.88 Å². The highest BCUT2D eigenvalue weighted by Gasteiger charge is 2.44. The van der Waals surface area contributed by atoms with E-state index in [0.717, 1.165) is 31.0 Å². The molecule has 6 rings (SSSR count). The number of nitrogens with two attached hydrogens (primary N) is 1. The standard InChI is InChI=1S/C30H31N7O3/c1-4-30(2,38)19-40-25-10-26(29(35-15-25)22(11-31)12-32)21-6-7-27(33-14-21)36-17-23-9-24(18-36)37(23)16-20-5-8-28(39-3)34-13-20/h1,5-8,10-11,13-15,23-24,38H,9,16-19,31H2,2-3H3. The van der Waals surface area contributed by atoms with Crippen molar-refractivity contribution < 1.29 is 14.6 Å². The van der Waals surface area contributed by atoms with Crippen LogP contribution in [-0.2, 0) is 6.54 Å². The maximum absolute atomic E-state index is 10.1. The molecule has 2 bridgehead atoms. The molecule has 10 nitrogen and oxygen atoms in total. The van der Waals surface area contributed by atoms with E-state index in [0.29, 0.717) is 35.0 Å². The van der Waals surface area contributed by atoms with Crippen molar-refractivity contribution in [1.29, 1.82) is 5.26 Å². The number of aliphatic hydroxyl groups is 1. The Bertz CT molecular complexity index is 1460. The highest BCUT2D eigenvalue weighted by molar-refractivity contribution is 5.85. The molecule has 0 aromatic carbocycles. The normalized spacial score (nSPS) is 20.0. The van der Waals surface area contributed by atoms with Gasteiger partial charge in [-0.15, -0.1) is 6.42 Å². The van der Waals surface area contributed by atoms with Crippen LogP contribution in [0, 0.1) is 23.7 Å². The van der Waals surface area contributed by atoms with Gasteiger partial charge in [-0.05, 0) is 37.1 Å². The van der Waals surface area contributed by atoms with Crippen molar-refractivity contribution in [1.82, 2.24) is 19.9 Å². The number of methoxy groups -OCH3 is 1. The SMILES string of the molecule is C#CC(C)(O)COc1cnc(C(C#N)=CN)c(-c2ccc(N3CC4CC(C3)N4Cc3ccc(OC)nc3)nc2)c1. The molecule has 3 aromatic rings. The van der Waals surface area contributed by atoms with Crippen LogP contribution in [-0.4, -0.2) is 69.4 Å². The molecule has 10 heteroatoms. The van der Waals surface area contributed by atoms with Gasteiger partial charge in [0.25, 0.3) is 0 Å². The van der Waals surface area contributed by atoms with Crippen LogP contribution < -0.4 is 20.1 Å². The number of hydrogen-bond donors (Lipinski definition) is 2. The second kappa shape index (κ2) is 11.2. The number of ether oxygens (including phenoxy) is 2. The average molecular weight is 538 g/mol. The van der Waals surface area contributed by atoms with E-state index in [1.54, 1.807) is 19.4 Å². The van der Waals surface area contributed by atoms with Gasteiger partial charge < -0.3 is 25.2 Å². The molecule has 3 N–H and O–H groups in total. The summed E-state index contributed by atoms with van der Waals surface area (Å²) in [7, 11) is 1.62. The minimum absolute atomic E-state index is 0.109. The first-order valence-electron chi connectivity index (χ1n) is 13.0. The first kappa shape index (κ1) is 26.9. The lowest BCUT2D eigenvalue weighted by Crippen LogP contribution is -2.68. The van der Waals surface area contributed by atoms with Crippen molar-refractivity contribution in [2.75, 3.05) is 31.7 Å². The zero-order valence-electron chi connectivity index (χ0n) is 22.5. The molecule has 6 heterocycles. The van der Waals surface area contributed by atoms with E-state index in [1.165, 1.54) is 31.3 Å². The second-order valence-electron chi connectivity index (χ2n) is 10.2. The topological polar surface area (TPSA) is 134 Å². The zero-order valence-corrected chi connectivity index (χ0v) is 22.5. The summed E-state index contributed by atoms with van der Waals surface area (Å²) in [4.78, 5) is 18.3. The predicted octanol–water partition coefficient (Wildman–Crippen LogP) is 2.60. The molecule has 3 atom stereocenters. The fourth-order valence-electron chi connectivity index (χ4n) is 5.09. The largest absolute Gasteiger partial charge is 0.488 e. The molecule has 0 amide bonds. The van der Waals surface area contributed by atoms with E-state index >= 15 is 0 Å². The van der Waals surface area contributed by atoms with Crippen LogP contribution in [0.3, 0.4) is 0 Å². The molecule has 3 unspecified atom stereocenters. The predicted molar refractivity (Wildman–Crippen MR) is 151 cm³/mol. The van der Waals surface area contributed by atoms with Crippen LogP contribution in [0.25, 0.3) is 16.7 Å². The third kappa shape index (κ3) is 5.55. The van der Waals surface area contributed by atoms with Gasteiger partial charge in [0, 0.05) is 67.5 Å². The van der Waals surface area contributed by atoms with Crippen LogP contribution in [0.1, 0.15) is 24.6 Å². The number of anilines is 1. The average Bonchev–Trinajstić information content (AvgIpc) is 3.00. The summed E-state index contributed by atoms with van der Waals surface area (Å²) in [5.74, 6) is 4.20. The first-order valence-corrected chi connectivity index (χ1v) is 13.0. The molecule has 0 aliphatic carbocycles. The molecule has 3 aliphatic heterocycles. The lowest BCUT2D eigenvalue weighted by atomic mass is 9.87. The summed E-state index contributed by atoms with van der Waals surface area (Å²) in [6.45, 7) is 4.04. The Balaban J connectivity index is 1.31. The lowest BCUT2D eigenvalue weighted by molar-refractivity contribution is -0.00876. The maximum Gasteiger partial charge on any atom is 0.212 e. The molecule has 3 aliphatic rings. The number of hydrogen-bond acceptors (Lipinski definition) is 10. The Hall–Kier alpha value is -4.64. The Morgan fingerprint density at radius 1 is 1.20 bits per heavy atom. The lowest BCUT2D eigenvalue weighted by Gasteiger charge is -2.56. The Morgan fingerprint density at radius 3 is 2.60 bits per heavy atom. The number of aromatic nitrogens is 3. The molecule has 3 fully saturated rings. The molecule has 40 heavy (non-hydrogen) atoms. The maximum atomic E-state index is 10.1. The number of nitriles is 1. The molecular weight excluding hydrogens is 506 g/mol. The van der Waals surface area contributed by atoms with Crippen molar-refractivity contribution >= 4 is 11.4 Å². The van der Waals surface area contributed by atoms with Crippen LogP contribution in [0.5, 0.6) is 11.6 Å². The van der Waals surface area contributed by atoms with Gasteiger partial charge in [-0.25, -0.2) is 9.97 Å². The molecular formula is C30H31N7O3. The van der Waals surface area contributed by atoms with Gasteiger partial charge in [-0.1, -0.05) is 12.0 Å². The zero-order chi connectivity index (χ0) is 28.3. The summed E-state index contributed by atoms with van der Waals surface area (Å²) in [5.41, 5.74) is 7.48. The van der Waals surface area contributed by atoms with Gasteiger partial charge in [0.05, 0.1) is 24.6 Å². The third-order valence-corrected chi connectivity index (χ3v) is 7.33. The second-order valence-corrected chi connectivity index (χ2v) is 10.2. The van der Waals surface area contributed by atoms with Gasteiger partial charge >= 0.3 is 0 Å². The molecule has 0 radical (unpaired) electrons. The van der Waals surface area contributed by atoms with Crippen molar-refractivity contribution in [3.63, 3.8) is 0 Å². The van der Waals surface area contributed by atoms with Crippen molar-refractivity contribution in [3.05, 3.63) is 66.4 Å². The fraction of sp³-hybridized carbons (Fsp3) is 0.333. The molecule has 204 valence electrons. The summed E-state index contributed by atoms with van der Waals surface area (Å²) in [5, 5.41) is 19.7. The van der Waals surface area contributed by atoms with Crippen molar-refractivity contribution in [2.24, 2.45) is 5.73 Å². The fourth-order valence-corrected chi connectivity index (χ4v) is 5.09. The van der Waals surface area contributed by atoms with E-state index in [4.69, 9.17) is 26.6 Å². The Morgan fingerprint density at radius 2 is 2.00 bits per heavy atom. The smallest absolute Gasteiger partial charge is 0.212 e. The van der Waals surface area contributed by atoms with E-state index in [-0.39, 0.29) is 12.2 Å². The summed E-state index contributed by atoms with van der Waals surface area (Å²) >= 11 is 0. The van der Waals surface area contributed by atoms with Crippen molar-refractivity contribution in [3.8, 4) is 41.2 Å². The molecule has 0 spiro atoms. The van der Waals surface area contributed by atoms with Crippen LogP contribution in [0.2, 0.25) is 0 Å². The first-order chi connectivity index (χ1) is 19.3. The van der Waals surface area contributed by atoms with E-state index < -0.39 is 5.60 Å². The van der Waals surface area contributed by atoms with Gasteiger partial charge in [-0.3, -0.25) is 9.88 Å². The number of piperazine rings is 1. The number of allylic oxidation sites excluding steroid dienone is 1. The Kier molecular flexibility index (Phi) is 7.56. The highest BCUT2D eigenvalue weighted by atomic mass is 16.5. The number of terminal acetylenes is 1. The van der Waals surface area contributed by atoms with E-state index in [2.05, 4.69) is 37.8 Å². The Labute approximate surface area is 233 Å². The summed E-state index contributed by atoms with van der Waals surface area (Å²) in [6.07, 6.45) is 12.9. The quantitative estimate of drug-likeness (QED) is 0.310.